The van der Waals surface area contributed by atoms with Crippen molar-refractivity contribution in [2.24, 2.45) is 0 Å². The molecular formula is C54H32O2. The van der Waals surface area contributed by atoms with Gasteiger partial charge in [-0.3, -0.25) is 0 Å². The molecule has 0 radical (unpaired) electrons. The van der Waals surface area contributed by atoms with E-state index in [0.29, 0.717) is 0 Å². The number of para-hydroxylation sites is 1. The lowest BCUT2D eigenvalue weighted by Crippen LogP contribution is -1.91. The molecule has 260 valence electrons. The minimum absolute atomic E-state index is 0.0416. The molecule has 2 aromatic heterocycles. The third kappa shape index (κ3) is 4.69. The SMILES string of the molecule is [2H]c1c([2H])c(-c2c([2H])c([2H])c3c(oc4c([2H])c([2H])c5oc6c([2H])c([2H])c([2H])c([2H])c6c5c43)c2[2H])c([2H])c(-c2c3c([2H])c([2H])c([2H])c([2H])c3c(-c3ccc(-c4ccc5ccccc5c4)cc3)c3c([2H])c([2H])c([2H])c([2H])c23)c1[2H]. The fourth-order valence-corrected chi connectivity index (χ4v) is 7.58. The van der Waals surface area contributed by atoms with E-state index in [9.17, 15) is 15.1 Å². The van der Waals surface area contributed by atoms with Crippen LogP contribution in [0.4, 0.5) is 0 Å². The lowest BCUT2D eigenvalue weighted by molar-refractivity contribution is 0.663. The van der Waals surface area contributed by atoms with Crippen molar-refractivity contribution in [1.29, 1.82) is 0 Å². The molecule has 0 aliphatic carbocycles. The zero-order valence-corrected chi connectivity index (χ0v) is 28.7. The second kappa shape index (κ2) is 12.0. The Balaban J connectivity index is 1.20. The van der Waals surface area contributed by atoms with E-state index in [1.54, 1.807) is 24.3 Å². The number of hydrogen-bond acceptors (Lipinski definition) is 2. The summed E-state index contributed by atoms with van der Waals surface area (Å²) in [6.07, 6.45) is 0. The second-order valence-corrected chi connectivity index (χ2v) is 13.2. The van der Waals surface area contributed by atoms with Gasteiger partial charge in [0.15, 0.2) is 0 Å². The Morgan fingerprint density at radius 3 is 1.57 bits per heavy atom. The van der Waals surface area contributed by atoms with Crippen molar-refractivity contribution in [2.75, 3.05) is 0 Å². The van der Waals surface area contributed by atoms with E-state index in [0.717, 1.165) is 21.9 Å². The Labute approximate surface area is 352 Å². The van der Waals surface area contributed by atoms with E-state index in [2.05, 4.69) is 0 Å². The minimum Gasteiger partial charge on any atom is -0.456 e. The lowest BCUT2D eigenvalue weighted by Gasteiger charge is -2.18. The van der Waals surface area contributed by atoms with Crippen LogP contribution in [-0.4, -0.2) is 0 Å². The summed E-state index contributed by atoms with van der Waals surface area (Å²) in [6, 6.07) is 4.83. The van der Waals surface area contributed by atoms with Crippen molar-refractivity contribution in [2.45, 2.75) is 0 Å². The zero-order chi connectivity index (χ0) is 55.0. The molecule has 0 fully saturated rings. The van der Waals surface area contributed by atoms with Crippen LogP contribution in [0.5, 0.6) is 0 Å². The quantitative estimate of drug-likeness (QED) is 0.168. The average molecular weight is 734 g/mol. The van der Waals surface area contributed by atoms with Crippen LogP contribution in [0.25, 0.3) is 121 Å². The molecule has 0 unspecified atom stereocenters. The largest absolute Gasteiger partial charge is 0.456 e. The summed E-state index contributed by atoms with van der Waals surface area (Å²) in [5, 5.41) is -0.331. The van der Waals surface area contributed by atoms with Crippen molar-refractivity contribution < 1.29 is 37.6 Å². The van der Waals surface area contributed by atoms with Crippen LogP contribution in [0.1, 0.15) is 28.8 Å². The molecule has 0 amide bonds. The van der Waals surface area contributed by atoms with E-state index >= 15 is 0 Å². The van der Waals surface area contributed by atoms with Crippen molar-refractivity contribution >= 4 is 76.2 Å². The molecule has 2 heterocycles. The van der Waals surface area contributed by atoms with Gasteiger partial charge in [0.25, 0.3) is 0 Å². The predicted molar refractivity (Wildman–Crippen MR) is 235 cm³/mol. The Morgan fingerprint density at radius 2 is 0.857 bits per heavy atom. The summed E-state index contributed by atoms with van der Waals surface area (Å²) in [7, 11) is 0. The van der Waals surface area contributed by atoms with Gasteiger partial charge in [-0.1, -0.05) is 151 Å². The molecule has 0 bridgehead atoms. The van der Waals surface area contributed by atoms with E-state index in [-0.39, 0.29) is 54.6 Å². The van der Waals surface area contributed by atoms with Crippen LogP contribution in [-0.2, 0) is 0 Å². The van der Waals surface area contributed by atoms with Crippen LogP contribution in [0.15, 0.2) is 202 Å². The van der Waals surface area contributed by atoms with Crippen molar-refractivity contribution in [3.05, 3.63) is 194 Å². The molecule has 12 aromatic rings. The maximum Gasteiger partial charge on any atom is 0.136 e. The number of hydrogen-bond donors (Lipinski definition) is 0. The fourth-order valence-electron chi connectivity index (χ4n) is 7.58. The molecule has 0 aliphatic heterocycles. The standard InChI is InChI=1S/C54H32O2/c1-2-11-36-30-38(25-22-33(36)10-1)34-20-23-35(24-21-34)51-41-14-3-5-16-43(41)52(44-17-6-4-15-42(44)51)40-13-9-12-37(31-40)39-26-27-46-50(32-39)56-49-29-28-48-53(54(46)49)45-18-7-8-19-47(45)55-48/h1-32H/i3D,4D,5D,6D,7D,8D,9D,12D,13D,14D,15D,16D,17D,18D,19D,26D,27D,28D,29D,31D,32D. The summed E-state index contributed by atoms with van der Waals surface area (Å²) >= 11 is 0. The Bertz CT molecular complexity index is 4670. The lowest BCUT2D eigenvalue weighted by atomic mass is 9.85. The van der Waals surface area contributed by atoms with Crippen molar-refractivity contribution in [1.82, 2.24) is 0 Å². The van der Waals surface area contributed by atoms with Crippen LogP contribution in [0, 0.1) is 0 Å². The Hall–Kier alpha value is -7.42. The first kappa shape index (κ1) is 16.9. The second-order valence-electron chi connectivity index (χ2n) is 13.2. The summed E-state index contributed by atoms with van der Waals surface area (Å²) in [6.45, 7) is 0. The summed E-state index contributed by atoms with van der Waals surface area (Å²) in [5.41, 5.74) is -2.49. The van der Waals surface area contributed by atoms with Crippen molar-refractivity contribution in [3.8, 4) is 44.5 Å². The highest BCUT2D eigenvalue weighted by molar-refractivity contribution is 6.26. The molecule has 0 atom stereocenters. The molecule has 0 saturated heterocycles. The summed E-state index contributed by atoms with van der Waals surface area (Å²) in [4.78, 5) is 0. The van der Waals surface area contributed by atoms with Gasteiger partial charge in [0.1, 0.15) is 22.3 Å². The molecule has 10 aromatic carbocycles. The maximum atomic E-state index is 9.96. The normalized spacial score (nSPS) is 17.2. The third-order valence-corrected chi connectivity index (χ3v) is 10.1. The maximum absolute atomic E-state index is 9.96. The highest BCUT2D eigenvalue weighted by atomic mass is 16.3. The van der Waals surface area contributed by atoms with Gasteiger partial charge in [-0.05, 0) is 119 Å². The summed E-state index contributed by atoms with van der Waals surface area (Å²) < 4.78 is 204. The number of benzene rings is 10. The van der Waals surface area contributed by atoms with E-state index in [4.69, 9.17) is 22.5 Å². The van der Waals surface area contributed by atoms with E-state index in [1.807, 2.05) is 42.5 Å². The highest BCUT2D eigenvalue weighted by Crippen LogP contribution is 2.45. The Kier molecular flexibility index (Phi) is 3.64. The zero-order valence-electron chi connectivity index (χ0n) is 49.7. The first-order valence-electron chi connectivity index (χ1n) is 28.0. The first-order chi connectivity index (χ1) is 36.5. The highest BCUT2D eigenvalue weighted by Gasteiger charge is 2.19. The van der Waals surface area contributed by atoms with Gasteiger partial charge < -0.3 is 8.83 Å². The first-order valence-corrected chi connectivity index (χ1v) is 17.5. The van der Waals surface area contributed by atoms with Crippen LogP contribution in [0.2, 0.25) is 0 Å². The number of furan rings is 2. The number of fused-ring (bicyclic) bond motifs is 10. The molecule has 2 heteroatoms. The molecule has 56 heavy (non-hydrogen) atoms. The van der Waals surface area contributed by atoms with Gasteiger partial charge in [-0.2, -0.15) is 0 Å². The van der Waals surface area contributed by atoms with Gasteiger partial charge in [0, 0.05) is 21.5 Å². The molecular weight excluding hydrogens is 681 g/mol. The van der Waals surface area contributed by atoms with E-state index < -0.39 is 171 Å². The molecule has 0 aliphatic rings. The van der Waals surface area contributed by atoms with Gasteiger partial charge in [-0.15, -0.1) is 0 Å². The van der Waals surface area contributed by atoms with Gasteiger partial charge >= 0.3 is 0 Å². The van der Waals surface area contributed by atoms with E-state index in [1.165, 1.54) is 0 Å². The monoisotopic (exact) mass is 733 g/mol. The van der Waals surface area contributed by atoms with Crippen LogP contribution in [0.3, 0.4) is 0 Å². The summed E-state index contributed by atoms with van der Waals surface area (Å²) in [5.74, 6) is 0. The molecule has 12 rings (SSSR count). The smallest absolute Gasteiger partial charge is 0.136 e. The van der Waals surface area contributed by atoms with Gasteiger partial charge in [0.2, 0.25) is 0 Å². The van der Waals surface area contributed by atoms with Crippen molar-refractivity contribution in [3.63, 3.8) is 0 Å². The fraction of sp³-hybridized carbons (Fsp3) is 0. The molecule has 0 N–H and O–H groups in total. The van der Waals surface area contributed by atoms with Crippen LogP contribution >= 0.6 is 0 Å². The third-order valence-electron chi connectivity index (χ3n) is 10.1. The molecule has 0 saturated carbocycles. The molecule has 2 nitrogen and oxygen atoms in total. The predicted octanol–water partition coefficient (Wildman–Crippen LogP) is 15.6. The van der Waals surface area contributed by atoms with Crippen LogP contribution < -0.4 is 0 Å². The minimum atomic E-state index is -0.939. The number of rotatable bonds is 4. The average Bonchev–Trinajstić information content (AvgIpc) is 4.05. The van der Waals surface area contributed by atoms with Gasteiger partial charge in [0.05, 0.1) is 28.8 Å². The molecule has 0 spiro atoms. The Morgan fingerprint density at radius 1 is 0.321 bits per heavy atom. The van der Waals surface area contributed by atoms with Gasteiger partial charge in [-0.25, -0.2) is 0 Å². The topological polar surface area (TPSA) is 26.3 Å².